The maximum absolute atomic E-state index is 13.2. The van der Waals surface area contributed by atoms with Gasteiger partial charge in [-0.2, -0.15) is 4.68 Å². The zero-order valence-corrected chi connectivity index (χ0v) is 16.4. The summed E-state index contributed by atoms with van der Waals surface area (Å²) >= 11 is 0. The predicted molar refractivity (Wildman–Crippen MR) is 109 cm³/mol. The Labute approximate surface area is 168 Å². The number of hydrogen-bond donors (Lipinski definition) is 1. The van der Waals surface area contributed by atoms with E-state index in [9.17, 15) is 9.59 Å². The van der Waals surface area contributed by atoms with Gasteiger partial charge in [0.05, 0.1) is 7.11 Å². The van der Waals surface area contributed by atoms with Crippen LogP contribution in [0.4, 0.5) is 0 Å². The molecule has 1 aliphatic carbocycles. The molecule has 0 saturated heterocycles. The molecule has 1 heterocycles. The molecule has 1 fully saturated rings. The highest BCUT2D eigenvalue weighted by Crippen LogP contribution is 2.27. The molecule has 7 nitrogen and oxygen atoms in total. The van der Waals surface area contributed by atoms with E-state index in [0.29, 0.717) is 36.1 Å². The normalized spacial score (nSPS) is 13.3. The van der Waals surface area contributed by atoms with E-state index in [1.807, 2.05) is 42.5 Å². The van der Waals surface area contributed by atoms with Crippen molar-refractivity contribution in [3.63, 3.8) is 0 Å². The Morgan fingerprint density at radius 3 is 2.59 bits per heavy atom. The van der Waals surface area contributed by atoms with E-state index in [1.54, 1.807) is 19.2 Å². The van der Waals surface area contributed by atoms with Crippen LogP contribution in [-0.4, -0.2) is 33.9 Å². The second-order valence-corrected chi connectivity index (χ2v) is 7.28. The Bertz CT molecular complexity index is 1050. The molecule has 150 valence electrons. The number of methoxy groups -OCH3 is 1. The number of rotatable bonds is 8. The van der Waals surface area contributed by atoms with Crippen molar-refractivity contribution in [3.05, 3.63) is 76.5 Å². The zero-order valence-electron chi connectivity index (χ0n) is 16.4. The van der Waals surface area contributed by atoms with Crippen LogP contribution in [0.1, 0.15) is 24.2 Å². The standard InChI is InChI=1S/C22H24N4O3/c1-29-19-10-6-5-9-18(19)26-22(28)25(15-21(27)23-14-17-11-12-17)20(24-26)13-16-7-3-2-4-8-16/h2-10,17H,11-15H2,1H3,(H,23,27). The number of nitrogens with zero attached hydrogens (tertiary/aromatic N) is 3. The first kappa shape index (κ1) is 19.0. The fourth-order valence-corrected chi connectivity index (χ4v) is 3.25. The molecule has 1 amide bonds. The van der Waals surface area contributed by atoms with E-state index in [-0.39, 0.29) is 18.1 Å². The van der Waals surface area contributed by atoms with E-state index in [1.165, 1.54) is 9.25 Å². The summed E-state index contributed by atoms with van der Waals surface area (Å²) in [5, 5.41) is 7.47. The fourth-order valence-electron chi connectivity index (χ4n) is 3.25. The van der Waals surface area contributed by atoms with Crippen molar-refractivity contribution >= 4 is 5.91 Å². The minimum absolute atomic E-state index is 0.0527. The van der Waals surface area contributed by atoms with Gasteiger partial charge in [-0.3, -0.25) is 9.36 Å². The molecule has 1 N–H and O–H groups in total. The minimum Gasteiger partial charge on any atom is -0.494 e. The first-order chi connectivity index (χ1) is 14.2. The Morgan fingerprint density at radius 1 is 1.14 bits per heavy atom. The average Bonchev–Trinajstić information content (AvgIpc) is 3.54. The molecule has 29 heavy (non-hydrogen) atoms. The molecular formula is C22H24N4O3. The monoisotopic (exact) mass is 392 g/mol. The van der Waals surface area contributed by atoms with Crippen LogP contribution >= 0.6 is 0 Å². The number of amides is 1. The maximum Gasteiger partial charge on any atom is 0.351 e. The third-order valence-corrected chi connectivity index (χ3v) is 5.04. The smallest absolute Gasteiger partial charge is 0.351 e. The summed E-state index contributed by atoms with van der Waals surface area (Å²) in [5.41, 5.74) is 1.21. The number of para-hydroxylation sites is 2. The van der Waals surface area contributed by atoms with Crippen LogP contribution in [0.2, 0.25) is 0 Å². The molecule has 1 aromatic heterocycles. The number of ether oxygens (including phenoxy) is 1. The first-order valence-corrected chi connectivity index (χ1v) is 9.78. The molecule has 0 radical (unpaired) electrons. The van der Waals surface area contributed by atoms with Gasteiger partial charge in [-0.1, -0.05) is 42.5 Å². The van der Waals surface area contributed by atoms with Crippen LogP contribution in [0.25, 0.3) is 5.69 Å². The molecule has 1 saturated carbocycles. The second-order valence-electron chi connectivity index (χ2n) is 7.28. The number of hydrogen-bond acceptors (Lipinski definition) is 4. The Hall–Kier alpha value is -3.35. The topological polar surface area (TPSA) is 78.2 Å². The maximum atomic E-state index is 13.2. The lowest BCUT2D eigenvalue weighted by Gasteiger charge is -2.07. The van der Waals surface area contributed by atoms with Crippen molar-refractivity contribution in [2.45, 2.75) is 25.8 Å². The van der Waals surface area contributed by atoms with Gasteiger partial charge in [0, 0.05) is 13.0 Å². The lowest BCUT2D eigenvalue weighted by molar-refractivity contribution is -0.121. The molecule has 1 aliphatic rings. The van der Waals surface area contributed by atoms with Gasteiger partial charge in [0.1, 0.15) is 23.8 Å². The molecule has 7 heteroatoms. The SMILES string of the molecule is COc1ccccc1-n1nc(Cc2ccccc2)n(CC(=O)NCC2CC2)c1=O. The Balaban J connectivity index is 1.69. The summed E-state index contributed by atoms with van der Waals surface area (Å²) in [5.74, 6) is 1.49. The average molecular weight is 392 g/mol. The molecule has 4 rings (SSSR count). The van der Waals surface area contributed by atoms with Crippen LogP contribution in [0.3, 0.4) is 0 Å². The summed E-state index contributed by atoms with van der Waals surface area (Å²) in [6.45, 7) is 0.616. The van der Waals surface area contributed by atoms with Crippen LogP contribution in [0.15, 0.2) is 59.4 Å². The lowest BCUT2D eigenvalue weighted by Crippen LogP contribution is -2.34. The van der Waals surface area contributed by atoms with Gasteiger partial charge >= 0.3 is 5.69 Å². The number of carbonyl (C=O) groups excluding carboxylic acids is 1. The third-order valence-electron chi connectivity index (χ3n) is 5.04. The van der Waals surface area contributed by atoms with Gasteiger partial charge in [0.15, 0.2) is 0 Å². The Kier molecular flexibility index (Phi) is 5.46. The largest absolute Gasteiger partial charge is 0.494 e. The number of nitrogens with one attached hydrogen (secondary N) is 1. The summed E-state index contributed by atoms with van der Waals surface area (Å²) in [6, 6.07) is 17.0. The van der Waals surface area contributed by atoms with Crippen molar-refractivity contribution in [3.8, 4) is 11.4 Å². The van der Waals surface area contributed by atoms with Crippen molar-refractivity contribution in [1.82, 2.24) is 19.7 Å². The lowest BCUT2D eigenvalue weighted by atomic mass is 10.1. The van der Waals surface area contributed by atoms with Gasteiger partial charge in [-0.15, -0.1) is 5.10 Å². The molecule has 3 aromatic rings. The quantitative estimate of drug-likeness (QED) is 0.637. The number of aromatic nitrogens is 3. The van der Waals surface area contributed by atoms with E-state index >= 15 is 0 Å². The summed E-state index contributed by atoms with van der Waals surface area (Å²) in [7, 11) is 1.55. The second kappa shape index (κ2) is 8.34. The van der Waals surface area contributed by atoms with Gasteiger partial charge in [-0.25, -0.2) is 4.79 Å². The molecular weight excluding hydrogens is 368 g/mol. The molecule has 0 aliphatic heterocycles. The summed E-state index contributed by atoms with van der Waals surface area (Å²) in [4.78, 5) is 25.6. The molecule has 0 atom stereocenters. The highest BCUT2D eigenvalue weighted by Gasteiger charge is 2.23. The van der Waals surface area contributed by atoms with E-state index in [2.05, 4.69) is 10.4 Å². The van der Waals surface area contributed by atoms with Gasteiger partial charge in [0.25, 0.3) is 0 Å². The van der Waals surface area contributed by atoms with Crippen LogP contribution < -0.4 is 15.7 Å². The predicted octanol–water partition coefficient (Wildman–Crippen LogP) is 2.16. The summed E-state index contributed by atoms with van der Waals surface area (Å²) < 4.78 is 8.14. The first-order valence-electron chi connectivity index (χ1n) is 9.78. The number of benzene rings is 2. The van der Waals surface area contributed by atoms with Crippen molar-refractivity contribution in [2.75, 3.05) is 13.7 Å². The highest BCUT2D eigenvalue weighted by molar-refractivity contribution is 5.75. The molecule has 0 bridgehead atoms. The van der Waals surface area contributed by atoms with Gasteiger partial charge in [0.2, 0.25) is 5.91 Å². The van der Waals surface area contributed by atoms with Crippen LogP contribution in [0, 0.1) is 5.92 Å². The zero-order chi connectivity index (χ0) is 20.2. The van der Waals surface area contributed by atoms with E-state index < -0.39 is 0 Å². The van der Waals surface area contributed by atoms with Crippen molar-refractivity contribution in [2.24, 2.45) is 5.92 Å². The van der Waals surface area contributed by atoms with Crippen LogP contribution in [0.5, 0.6) is 5.75 Å². The molecule has 2 aromatic carbocycles. The fraction of sp³-hybridized carbons (Fsp3) is 0.318. The van der Waals surface area contributed by atoms with Crippen LogP contribution in [-0.2, 0) is 17.8 Å². The minimum atomic E-state index is -0.359. The van der Waals surface area contributed by atoms with Crippen molar-refractivity contribution in [1.29, 1.82) is 0 Å². The third kappa shape index (κ3) is 4.39. The van der Waals surface area contributed by atoms with E-state index in [4.69, 9.17) is 4.74 Å². The van der Waals surface area contributed by atoms with Crippen molar-refractivity contribution < 1.29 is 9.53 Å². The van der Waals surface area contributed by atoms with E-state index in [0.717, 1.165) is 18.4 Å². The highest BCUT2D eigenvalue weighted by atomic mass is 16.5. The summed E-state index contributed by atoms with van der Waals surface area (Å²) in [6.07, 6.45) is 2.77. The van der Waals surface area contributed by atoms with Gasteiger partial charge < -0.3 is 10.1 Å². The molecule has 0 spiro atoms. The molecule has 0 unspecified atom stereocenters. The Morgan fingerprint density at radius 2 is 1.86 bits per heavy atom. The number of carbonyl (C=O) groups is 1. The van der Waals surface area contributed by atoms with Gasteiger partial charge in [-0.05, 0) is 36.5 Å².